The lowest BCUT2D eigenvalue weighted by Crippen LogP contribution is -2.48. The highest BCUT2D eigenvalue weighted by Gasteiger charge is 2.33. The molecular formula is C22H35N3O6. The number of nitrogens with one attached hydrogen (secondary N) is 2. The first-order valence-corrected chi connectivity index (χ1v) is 10.6. The van der Waals surface area contributed by atoms with Crippen molar-refractivity contribution in [2.24, 2.45) is 5.92 Å². The molecule has 1 rings (SSSR count). The number of carbonyl (C=O) groups is 3. The lowest BCUT2D eigenvalue weighted by molar-refractivity contribution is -0.171. The molecule has 9 nitrogen and oxygen atoms in total. The first kappa shape index (κ1) is 26.2. The number of unbranched alkanes of at least 4 members (excludes halogenated alkanes) is 2. The van der Waals surface area contributed by atoms with Gasteiger partial charge in [0.05, 0.1) is 32.8 Å². The Labute approximate surface area is 184 Å². The molecular weight excluding hydrogens is 402 g/mol. The zero-order valence-corrected chi connectivity index (χ0v) is 19.1. The first-order chi connectivity index (χ1) is 15.0. The van der Waals surface area contributed by atoms with E-state index in [1.54, 1.807) is 19.2 Å². The maximum absolute atomic E-state index is 12.8. The van der Waals surface area contributed by atoms with Crippen LogP contribution >= 0.6 is 0 Å². The van der Waals surface area contributed by atoms with E-state index in [-0.39, 0.29) is 17.2 Å². The van der Waals surface area contributed by atoms with Crippen LogP contribution in [0, 0.1) is 5.92 Å². The molecule has 0 saturated carbocycles. The van der Waals surface area contributed by atoms with E-state index in [2.05, 4.69) is 17.6 Å². The van der Waals surface area contributed by atoms with Gasteiger partial charge in [0.1, 0.15) is 17.1 Å². The molecule has 1 aromatic rings. The molecule has 0 aliphatic carbocycles. The van der Waals surface area contributed by atoms with Crippen LogP contribution in [-0.2, 0) is 14.4 Å². The number of methoxy groups -OCH3 is 2. The number of hydrogen-bond donors (Lipinski definition) is 2. The largest absolute Gasteiger partial charge is 0.497 e. The SMILES string of the molecule is CCCCCC(C(=O)NCNC)C(CC)N(C=O)OC(=O)c1ccc(OC)cc1OC. The van der Waals surface area contributed by atoms with Crippen molar-refractivity contribution in [1.82, 2.24) is 15.7 Å². The molecule has 0 saturated heterocycles. The lowest BCUT2D eigenvalue weighted by Gasteiger charge is -2.31. The van der Waals surface area contributed by atoms with Gasteiger partial charge in [-0.2, -0.15) is 5.06 Å². The second kappa shape index (κ2) is 14.2. The Morgan fingerprint density at radius 1 is 1.16 bits per heavy atom. The van der Waals surface area contributed by atoms with Crippen LogP contribution in [0.2, 0.25) is 0 Å². The summed E-state index contributed by atoms with van der Waals surface area (Å²) in [7, 11) is 4.66. The quantitative estimate of drug-likeness (QED) is 0.188. The summed E-state index contributed by atoms with van der Waals surface area (Å²) < 4.78 is 10.4. The van der Waals surface area contributed by atoms with E-state index in [0.29, 0.717) is 31.7 Å². The predicted molar refractivity (Wildman–Crippen MR) is 117 cm³/mol. The standard InChI is InChI=1S/C22H35N3O6/c1-6-8-9-10-17(21(27)24-14-23-3)19(7-2)25(15-26)31-22(28)18-12-11-16(29-4)13-20(18)30-5/h11-13,15,17,19,23H,6-10,14H2,1-5H3,(H,24,27). The van der Waals surface area contributed by atoms with Gasteiger partial charge in [0.25, 0.3) is 0 Å². The topological polar surface area (TPSA) is 106 Å². The van der Waals surface area contributed by atoms with Crippen LogP contribution in [0.25, 0.3) is 0 Å². The van der Waals surface area contributed by atoms with Crippen LogP contribution in [0.5, 0.6) is 11.5 Å². The fourth-order valence-electron chi connectivity index (χ4n) is 3.34. The Morgan fingerprint density at radius 2 is 1.90 bits per heavy atom. The Kier molecular flexibility index (Phi) is 12.0. The molecule has 0 spiro atoms. The third-order valence-electron chi connectivity index (χ3n) is 5.03. The molecule has 2 amide bonds. The summed E-state index contributed by atoms with van der Waals surface area (Å²) in [6.45, 7) is 4.24. The fourth-order valence-corrected chi connectivity index (χ4v) is 3.34. The Bertz CT molecular complexity index is 712. The fraction of sp³-hybridized carbons (Fsp3) is 0.591. The molecule has 31 heavy (non-hydrogen) atoms. The van der Waals surface area contributed by atoms with Crippen LogP contribution < -0.4 is 20.1 Å². The van der Waals surface area contributed by atoms with E-state index in [1.807, 2.05) is 6.92 Å². The number of ether oxygens (including phenoxy) is 2. The maximum atomic E-state index is 12.8. The van der Waals surface area contributed by atoms with Gasteiger partial charge >= 0.3 is 5.97 Å². The third-order valence-corrected chi connectivity index (χ3v) is 5.03. The highest BCUT2D eigenvalue weighted by molar-refractivity contribution is 5.93. The van der Waals surface area contributed by atoms with Crippen LogP contribution in [0.3, 0.4) is 0 Å². The molecule has 2 unspecified atom stereocenters. The van der Waals surface area contributed by atoms with Gasteiger partial charge in [-0.25, -0.2) is 4.79 Å². The van der Waals surface area contributed by atoms with E-state index in [0.717, 1.165) is 24.3 Å². The molecule has 0 aliphatic heterocycles. The van der Waals surface area contributed by atoms with Gasteiger partial charge in [-0.15, -0.1) is 0 Å². The van der Waals surface area contributed by atoms with Crippen molar-refractivity contribution in [2.75, 3.05) is 27.9 Å². The van der Waals surface area contributed by atoms with Crippen molar-refractivity contribution in [2.45, 2.75) is 52.0 Å². The van der Waals surface area contributed by atoms with Gasteiger partial charge < -0.3 is 24.9 Å². The molecule has 2 N–H and O–H groups in total. The van der Waals surface area contributed by atoms with Crippen molar-refractivity contribution < 1.29 is 28.7 Å². The number of nitrogens with zero attached hydrogens (tertiary/aromatic N) is 1. The molecule has 1 aromatic carbocycles. The highest BCUT2D eigenvalue weighted by atomic mass is 16.7. The van der Waals surface area contributed by atoms with Gasteiger partial charge in [0, 0.05) is 6.07 Å². The molecule has 9 heteroatoms. The highest BCUT2D eigenvalue weighted by Crippen LogP contribution is 2.27. The van der Waals surface area contributed by atoms with Crippen LogP contribution in [-0.4, -0.2) is 57.3 Å². The molecule has 0 fully saturated rings. The zero-order valence-electron chi connectivity index (χ0n) is 19.1. The third kappa shape index (κ3) is 7.75. The number of hydroxylamine groups is 2. The summed E-state index contributed by atoms with van der Waals surface area (Å²) in [6, 6.07) is 4.06. The number of hydrogen-bond acceptors (Lipinski definition) is 7. The van der Waals surface area contributed by atoms with E-state index >= 15 is 0 Å². The number of benzene rings is 1. The van der Waals surface area contributed by atoms with E-state index in [4.69, 9.17) is 14.3 Å². The summed E-state index contributed by atoms with van der Waals surface area (Å²) in [5.74, 6) is -0.685. The average molecular weight is 438 g/mol. The zero-order chi connectivity index (χ0) is 23.2. The van der Waals surface area contributed by atoms with Crippen molar-refractivity contribution in [3.05, 3.63) is 23.8 Å². The molecule has 0 aromatic heterocycles. The Balaban J connectivity index is 3.08. The maximum Gasteiger partial charge on any atom is 0.366 e. The molecule has 0 aliphatic rings. The molecule has 0 heterocycles. The number of carbonyl (C=O) groups excluding carboxylic acids is 3. The normalized spacial score (nSPS) is 12.4. The summed E-state index contributed by atoms with van der Waals surface area (Å²) >= 11 is 0. The van der Waals surface area contributed by atoms with Crippen LogP contribution in [0.15, 0.2) is 18.2 Å². The van der Waals surface area contributed by atoms with Crippen molar-refractivity contribution >= 4 is 18.3 Å². The van der Waals surface area contributed by atoms with Crippen LogP contribution in [0.4, 0.5) is 0 Å². The predicted octanol–water partition coefficient (Wildman–Crippen LogP) is 2.50. The van der Waals surface area contributed by atoms with Gasteiger partial charge in [-0.3, -0.25) is 9.59 Å². The summed E-state index contributed by atoms with van der Waals surface area (Å²) in [5.41, 5.74) is 0.146. The Morgan fingerprint density at radius 3 is 2.45 bits per heavy atom. The van der Waals surface area contributed by atoms with Crippen molar-refractivity contribution in [1.29, 1.82) is 0 Å². The van der Waals surface area contributed by atoms with Gasteiger partial charge in [0.15, 0.2) is 0 Å². The number of amides is 2. The van der Waals surface area contributed by atoms with Gasteiger partial charge in [-0.1, -0.05) is 33.1 Å². The second-order valence-corrected chi connectivity index (χ2v) is 7.06. The molecule has 0 radical (unpaired) electrons. The monoisotopic (exact) mass is 437 g/mol. The van der Waals surface area contributed by atoms with Crippen molar-refractivity contribution in [3.8, 4) is 11.5 Å². The summed E-state index contributed by atoms with van der Waals surface area (Å²) in [4.78, 5) is 42.8. The molecule has 174 valence electrons. The van der Waals surface area contributed by atoms with E-state index in [1.165, 1.54) is 20.3 Å². The first-order valence-electron chi connectivity index (χ1n) is 10.6. The summed E-state index contributed by atoms with van der Waals surface area (Å²) in [5, 5.41) is 6.62. The lowest BCUT2D eigenvalue weighted by atomic mass is 9.90. The molecule has 2 atom stereocenters. The average Bonchev–Trinajstić information content (AvgIpc) is 2.80. The minimum absolute atomic E-state index is 0.146. The minimum atomic E-state index is -0.756. The second-order valence-electron chi connectivity index (χ2n) is 7.06. The van der Waals surface area contributed by atoms with Gasteiger partial charge in [-0.05, 0) is 32.0 Å². The molecule has 0 bridgehead atoms. The van der Waals surface area contributed by atoms with Crippen molar-refractivity contribution in [3.63, 3.8) is 0 Å². The van der Waals surface area contributed by atoms with Crippen LogP contribution in [0.1, 0.15) is 56.3 Å². The number of rotatable bonds is 15. The smallest absolute Gasteiger partial charge is 0.366 e. The van der Waals surface area contributed by atoms with E-state index in [9.17, 15) is 14.4 Å². The minimum Gasteiger partial charge on any atom is -0.497 e. The summed E-state index contributed by atoms with van der Waals surface area (Å²) in [6.07, 6.45) is 4.27. The Hall–Kier alpha value is -2.81. The van der Waals surface area contributed by atoms with E-state index < -0.39 is 17.9 Å². The van der Waals surface area contributed by atoms with Gasteiger partial charge in [0.2, 0.25) is 12.3 Å².